The van der Waals surface area contributed by atoms with E-state index in [0.717, 1.165) is 32.1 Å². The number of allylic oxidation sites excluding steroid dienone is 3. The maximum atomic E-state index is 12.5. The quantitative estimate of drug-likeness (QED) is 0.0363. The highest BCUT2D eigenvalue weighted by Gasteiger charge is 2.22. The number of amides is 1. The first-order valence-electron chi connectivity index (χ1n) is 27.2. The van der Waals surface area contributed by atoms with Crippen LogP contribution in [-0.2, 0) is 4.79 Å². The lowest BCUT2D eigenvalue weighted by Gasteiger charge is -2.21. The summed E-state index contributed by atoms with van der Waals surface area (Å²) in [4.78, 5) is 12.5. The smallest absolute Gasteiger partial charge is 0.249 e. The molecule has 0 fully saturated rings. The molecular formula is C55H107NO4. The van der Waals surface area contributed by atoms with Gasteiger partial charge < -0.3 is 20.6 Å². The predicted octanol–water partition coefficient (Wildman–Crippen LogP) is 16.5. The van der Waals surface area contributed by atoms with Gasteiger partial charge >= 0.3 is 0 Å². The van der Waals surface area contributed by atoms with Gasteiger partial charge in [-0.15, -0.1) is 0 Å². The second-order valence-corrected chi connectivity index (χ2v) is 18.8. The van der Waals surface area contributed by atoms with Crippen LogP contribution in [0.5, 0.6) is 0 Å². The standard InChI is InChI=1S/C55H107NO4/c1-3-5-7-9-11-13-15-16-17-18-19-20-21-22-23-24-25-26-27-28-29-30-31-32-33-34-35-36-37-38-39-40-42-44-46-48-50-54(59)55(60)56-52(51-57)53(58)49-47-45-43-41-14-12-10-8-6-4-2/h26-27,47,49,52-54,57-59H,3-25,28-46,48,50-51H2,1-2H3,(H,56,60)/b27-26-,49-47+. The van der Waals surface area contributed by atoms with Crippen LogP contribution in [0, 0.1) is 0 Å². The summed E-state index contributed by atoms with van der Waals surface area (Å²) in [7, 11) is 0. The molecule has 0 rings (SSSR count). The third-order valence-corrected chi connectivity index (χ3v) is 12.8. The number of aliphatic hydroxyl groups is 3. The molecule has 5 nitrogen and oxygen atoms in total. The van der Waals surface area contributed by atoms with Crippen molar-refractivity contribution in [3.63, 3.8) is 0 Å². The molecule has 0 aliphatic carbocycles. The minimum Gasteiger partial charge on any atom is -0.394 e. The number of rotatable bonds is 50. The fraction of sp³-hybridized carbons (Fsp3) is 0.909. The van der Waals surface area contributed by atoms with Crippen molar-refractivity contribution in [3.8, 4) is 0 Å². The summed E-state index contributed by atoms with van der Waals surface area (Å²) >= 11 is 0. The number of aliphatic hydroxyl groups excluding tert-OH is 3. The van der Waals surface area contributed by atoms with Crippen LogP contribution in [0.3, 0.4) is 0 Å². The lowest BCUT2D eigenvalue weighted by Crippen LogP contribution is -2.48. The summed E-state index contributed by atoms with van der Waals surface area (Å²) in [6.07, 6.45) is 64.2. The number of carbonyl (C=O) groups is 1. The molecule has 0 aliphatic heterocycles. The van der Waals surface area contributed by atoms with Crippen molar-refractivity contribution < 1.29 is 20.1 Å². The van der Waals surface area contributed by atoms with E-state index in [0.29, 0.717) is 6.42 Å². The molecule has 3 unspecified atom stereocenters. The van der Waals surface area contributed by atoms with Crippen molar-refractivity contribution in [1.82, 2.24) is 5.32 Å². The van der Waals surface area contributed by atoms with Crippen molar-refractivity contribution in [2.45, 2.75) is 315 Å². The van der Waals surface area contributed by atoms with Gasteiger partial charge in [0.25, 0.3) is 0 Å². The molecule has 0 aliphatic rings. The summed E-state index contributed by atoms with van der Waals surface area (Å²) < 4.78 is 0. The molecule has 1 amide bonds. The average Bonchev–Trinajstić information content (AvgIpc) is 3.25. The third-order valence-electron chi connectivity index (χ3n) is 12.8. The van der Waals surface area contributed by atoms with E-state index < -0.39 is 24.2 Å². The van der Waals surface area contributed by atoms with E-state index in [1.807, 2.05) is 6.08 Å². The van der Waals surface area contributed by atoms with Crippen LogP contribution in [0.1, 0.15) is 296 Å². The summed E-state index contributed by atoms with van der Waals surface area (Å²) in [6.45, 7) is 4.18. The number of unbranched alkanes of at least 4 members (excludes halogenated alkanes) is 40. The van der Waals surface area contributed by atoms with Crippen LogP contribution in [0.25, 0.3) is 0 Å². The largest absolute Gasteiger partial charge is 0.394 e. The van der Waals surface area contributed by atoms with E-state index in [-0.39, 0.29) is 6.61 Å². The van der Waals surface area contributed by atoms with Gasteiger partial charge in [0.1, 0.15) is 6.10 Å². The van der Waals surface area contributed by atoms with Crippen molar-refractivity contribution in [2.75, 3.05) is 6.61 Å². The van der Waals surface area contributed by atoms with Gasteiger partial charge in [-0.05, 0) is 44.9 Å². The van der Waals surface area contributed by atoms with E-state index in [1.165, 1.54) is 244 Å². The van der Waals surface area contributed by atoms with Crippen LogP contribution in [0.2, 0.25) is 0 Å². The summed E-state index contributed by atoms with van der Waals surface area (Å²) in [5.41, 5.74) is 0. The fourth-order valence-corrected chi connectivity index (χ4v) is 8.54. The number of hydrogen-bond donors (Lipinski definition) is 4. The monoisotopic (exact) mass is 846 g/mol. The first-order chi connectivity index (χ1) is 29.6. The normalized spacial score (nSPS) is 13.5. The minimum absolute atomic E-state index is 0.361. The Hall–Kier alpha value is -1.17. The zero-order valence-corrected chi connectivity index (χ0v) is 40.6. The van der Waals surface area contributed by atoms with Crippen LogP contribution >= 0.6 is 0 Å². The second kappa shape index (κ2) is 50.5. The zero-order valence-electron chi connectivity index (χ0n) is 40.6. The highest BCUT2D eigenvalue weighted by atomic mass is 16.3. The molecule has 356 valence electrons. The maximum Gasteiger partial charge on any atom is 0.249 e. The Morgan fingerprint density at radius 1 is 0.400 bits per heavy atom. The van der Waals surface area contributed by atoms with Crippen LogP contribution in [-0.4, -0.2) is 46.1 Å². The topological polar surface area (TPSA) is 89.8 Å². The molecule has 0 saturated carbocycles. The molecular weight excluding hydrogens is 739 g/mol. The van der Waals surface area contributed by atoms with Crippen molar-refractivity contribution >= 4 is 5.91 Å². The average molecular weight is 846 g/mol. The molecule has 0 aromatic heterocycles. The van der Waals surface area contributed by atoms with Crippen molar-refractivity contribution in [1.29, 1.82) is 0 Å². The molecule has 0 saturated heterocycles. The van der Waals surface area contributed by atoms with E-state index >= 15 is 0 Å². The Balaban J connectivity index is 3.43. The molecule has 0 heterocycles. The Morgan fingerprint density at radius 2 is 0.667 bits per heavy atom. The van der Waals surface area contributed by atoms with E-state index in [1.54, 1.807) is 6.08 Å². The lowest BCUT2D eigenvalue weighted by molar-refractivity contribution is -0.131. The van der Waals surface area contributed by atoms with E-state index in [2.05, 4.69) is 31.3 Å². The predicted molar refractivity (Wildman–Crippen MR) is 264 cm³/mol. The van der Waals surface area contributed by atoms with Gasteiger partial charge in [0.05, 0.1) is 18.8 Å². The van der Waals surface area contributed by atoms with Gasteiger partial charge in [-0.25, -0.2) is 0 Å². The first-order valence-corrected chi connectivity index (χ1v) is 27.2. The highest BCUT2D eigenvalue weighted by Crippen LogP contribution is 2.17. The fourth-order valence-electron chi connectivity index (χ4n) is 8.54. The Bertz CT molecular complexity index is 890. The van der Waals surface area contributed by atoms with Crippen LogP contribution < -0.4 is 5.32 Å². The number of hydrogen-bond acceptors (Lipinski definition) is 4. The minimum atomic E-state index is -1.09. The molecule has 0 spiro atoms. The first kappa shape index (κ1) is 58.8. The van der Waals surface area contributed by atoms with Crippen molar-refractivity contribution in [3.05, 3.63) is 24.3 Å². The van der Waals surface area contributed by atoms with Crippen molar-refractivity contribution in [2.24, 2.45) is 0 Å². The van der Waals surface area contributed by atoms with Crippen LogP contribution in [0.15, 0.2) is 24.3 Å². The molecule has 0 radical (unpaired) electrons. The van der Waals surface area contributed by atoms with Gasteiger partial charge in [-0.3, -0.25) is 4.79 Å². The Labute approximate surface area is 375 Å². The summed E-state index contributed by atoms with van der Waals surface area (Å²) in [5, 5.41) is 33.1. The zero-order chi connectivity index (χ0) is 43.7. The molecule has 4 N–H and O–H groups in total. The van der Waals surface area contributed by atoms with Gasteiger partial charge in [-0.1, -0.05) is 276 Å². The molecule has 0 aromatic carbocycles. The molecule has 3 atom stereocenters. The molecule has 60 heavy (non-hydrogen) atoms. The van der Waals surface area contributed by atoms with E-state index in [4.69, 9.17) is 0 Å². The molecule has 0 bridgehead atoms. The van der Waals surface area contributed by atoms with Gasteiger partial charge in [0.15, 0.2) is 0 Å². The summed E-state index contributed by atoms with van der Waals surface area (Å²) in [5.74, 6) is -0.501. The number of nitrogens with one attached hydrogen (secondary N) is 1. The SMILES string of the molecule is CCCCCCCCCC/C=C/C(O)C(CO)NC(=O)C(O)CCCCCCCCCCCCCCCCCC/C=C\CCCCCCCCCCCCCCCCCC. The number of carbonyl (C=O) groups excluding carboxylic acids is 1. The van der Waals surface area contributed by atoms with E-state index in [9.17, 15) is 20.1 Å². The lowest BCUT2D eigenvalue weighted by atomic mass is 10.0. The Kier molecular flexibility index (Phi) is 49.5. The Morgan fingerprint density at radius 3 is 0.967 bits per heavy atom. The third kappa shape index (κ3) is 44.9. The molecule has 5 heteroatoms. The maximum absolute atomic E-state index is 12.5. The highest BCUT2D eigenvalue weighted by molar-refractivity contribution is 5.80. The van der Waals surface area contributed by atoms with Crippen LogP contribution in [0.4, 0.5) is 0 Å². The van der Waals surface area contributed by atoms with Gasteiger partial charge in [-0.2, -0.15) is 0 Å². The summed E-state index contributed by atoms with van der Waals surface area (Å²) in [6, 6.07) is -0.794. The molecule has 0 aromatic rings. The second-order valence-electron chi connectivity index (χ2n) is 18.8. The van der Waals surface area contributed by atoms with Gasteiger partial charge in [0.2, 0.25) is 5.91 Å². The van der Waals surface area contributed by atoms with Gasteiger partial charge in [0, 0.05) is 0 Å².